The second-order valence-corrected chi connectivity index (χ2v) is 5.32. The van der Waals surface area contributed by atoms with E-state index in [0.717, 1.165) is 17.8 Å². The lowest BCUT2D eigenvalue weighted by Gasteiger charge is -2.38. The number of rotatable bonds is 2. The number of nitrogens with zero attached hydrogens (tertiary/aromatic N) is 1. The van der Waals surface area contributed by atoms with E-state index in [-0.39, 0.29) is 6.04 Å². The highest BCUT2D eigenvalue weighted by atomic mass is 16.3. The first-order chi connectivity index (χ1) is 7.75. The van der Waals surface area contributed by atoms with Gasteiger partial charge in [0.15, 0.2) is 0 Å². The molecule has 3 heteroatoms. The fourth-order valence-electron chi connectivity index (χ4n) is 3.46. The van der Waals surface area contributed by atoms with E-state index >= 15 is 0 Å². The molecule has 0 amide bonds. The largest absolute Gasteiger partial charge is 0.468 e. The maximum absolute atomic E-state index is 6.30. The van der Waals surface area contributed by atoms with Crippen molar-refractivity contribution in [3.05, 3.63) is 24.2 Å². The molecule has 0 aliphatic carbocycles. The van der Waals surface area contributed by atoms with E-state index in [4.69, 9.17) is 10.2 Å². The average molecular weight is 220 g/mol. The molecule has 3 unspecified atom stereocenters. The molecule has 2 aliphatic rings. The molecule has 3 rings (SSSR count). The smallest absolute Gasteiger partial charge is 0.120 e. The van der Waals surface area contributed by atoms with Crippen LogP contribution in [-0.2, 0) is 0 Å². The Balaban J connectivity index is 1.73. The molecule has 0 aromatic carbocycles. The van der Waals surface area contributed by atoms with E-state index in [1.54, 1.807) is 6.26 Å². The fraction of sp³-hybridized carbons (Fsp3) is 0.692. The summed E-state index contributed by atoms with van der Waals surface area (Å²) >= 11 is 0. The summed E-state index contributed by atoms with van der Waals surface area (Å²) in [5.74, 6) is 1.55. The second-order valence-electron chi connectivity index (χ2n) is 5.32. The van der Waals surface area contributed by atoms with Crippen LogP contribution in [0.5, 0.6) is 0 Å². The van der Waals surface area contributed by atoms with Gasteiger partial charge in [0.2, 0.25) is 0 Å². The molecule has 1 aromatic heterocycles. The highest BCUT2D eigenvalue weighted by molar-refractivity contribution is 5.07. The average Bonchev–Trinajstić information content (AvgIpc) is 2.85. The predicted molar refractivity (Wildman–Crippen MR) is 62.9 cm³/mol. The number of furan rings is 1. The van der Waals surface area contributed by atoms with E-state index in [9.17, 15) is 0 Å². The molecule has 2 saturated heterocycles. The summed E-state index contributed by atoms with van der Waals surface area (Å²) in [6.07, 6.45) is 6.88. The highest BCUT2D eigenvalue weighted by Gasteiger charge is 2.40. The Labute approximate surface area is 96.6 Å². The predicted octanol–water partition coefficient (Wildman–Crippen LogP) is 2.15. The molecule has 2 bridgehead atoms. The van der Waals surface area contributed by atoms with Gasteiger partial charge in [0.1, 0.15) is 5.76 Å². The third kappa shape index (κ3) is 1.59. The number of piperidine rings is 1. The van der Waals surface area contributed by atoms with Gasteiger partial charge in [-0.05, 0) is 50.8 Å². The summed E-state index contributed by atoms with van der Waals surface area (Å²) in [4.78, 5) is 2.55. The summed E-state index contributed by atoms with van der Waals surface area (Å²) in [5, 5.41) is 0. The van der Waals surface area contributed by atoms with E-state index in [0.29, 0.717) is 5.92 Å². The van der Waals surface area contributed by atoms with Crippen LogP contribution < -0.4 is 5.73 Å². The minimum Gasteiger partial charge on any atom is -0.468 e. The third-order valence-corrected chi connectivity index (χ3v) is 4.51. The van der Waals surface area contributed by atoms with Crippen LogP contribution in [0.15, 0.2) is 22.8 Å². The summed E-state index contributed by atoms with van der Waals surface area (Å²) in [5.41, 5.74) is 6.30. The molecular formula is C13H20N2O. The minimum atomic E-state index is 0.0896. The number of fused-ring (bicyclic) bond motifs is 2. The van der Waals surface area contributed by atoms with Crippen molar-refractivity contribution in [2.24, 2.45) is 11.7 Å². The Bertz CT molecular complexity index is 335. The van der Waals surface area contributed by atoms with Crippen LogP contribution >= 0.6 is 0 Å². The third-order valence-electron chi connectivity index (χ3n) is 4.51. The van der Waals surface area contributed by atoms with Crippen molar-refractivity contribution in [3.63, 3.8) is 0 Å². The van der Waals surface area contributed by atoms with Gasteiger partial charge in [0.05, 0.1) is 12.3 Å². The second kappa shape index (κ2) is 3.90. The number of nitrogens with two attached hydrogens (primary N) is 1. The van der Waals surface area contributed by atoms with Crippen molar-refractivity contribution < 1.29 is 4.42 Å². The van der Waals surface area contributed by atoms with E-state index in [1.807, 2.05) is 12.1 Å². The number of hydrogen-bond acceptors (Lipinski definition) is 3. The van der Waals surface area contributed by atoms with Gasteiger partial charge in [-0.15, -0.1) is 0 Å². The van der Waals surface area contributed by atoms with Crippen LogP contribution in [-0.4, -0.2) is 24.0 Å². The molecule has 2 aliphatic heterocycles. The Morgan fingerprint density at radius 1 is 1.38 bits per heavy atom. The topological polar surface area (TPSA) is 42.4 Å². The first-order valence-electron chi connectivity index (χ1n) is 6.26. The quantitative estimate of drug-likeness (QED) is 0.830. The molecule has 16 heavy (non-hydrogen) atoms. The summed E-state index contributed by atoms with van der Waals surface area (Å²) in [6.45, 7) is 0. The van der Waals surface area contributed by atoms with Crippen LogP contribution in [0, 0.1) is 5.92 Å². The molecular weight excluding hydrogens is 200 g/mol. The van der Waals surface area contributed by atoms with Crippen molar-refractivity contribution >= 4 is 0 Å². The maximum Gasteiger partial charge on any atom is 0.120 e. The SMILES string of the molecule is CN1C2CCC1CC(C(N)c1ccco1)C2. The molecule has 0 radical (unpaired) electrons. The van der Waals surface area contributed by atoms with E-state index in [1.165, 1.54) is 25.7 Å². The van der Waals surface area contributed by atoms with Gasteiger partial charge in [0, 0.05) is 12.1 Å². The molecule has 0 spiro atoms. The molecule has 88 valence electrons. The zero-order valence-corrected chi connectivity index (χ0v) is 9.80. The van der Waals surface area contributed by atoms with E-state index < -0.39 is 0 Å². The van der Waals surface area contributed by atoms with Gasteiger partial charge in [-0.1, -0.05) is 0 Å². The minimum absolute atomic E-state index is 0.0896. The van der Waals surface area contributed by atoms with Gasteiger partial charge < -0.3 is 15.1 Å². The molecule has 3 heterocycles. The number of hydrogen-bond donors (Lipinski definition) is 1. The van der Waals surface area contributed by atoms with Gasteiger partial charge in [-0.25, -0.2) is 0 Å². The van der Waals surface area contributed by atoms with Crippen molar-refractivity contribution in [1.82, 2.24) is 4.90 Å². The van der Waals surface area contributed by atoms with Crippen LogP contribution in [0.4, 0.5) is 0 Å². The van der Waals surface area contributed by atoms with Gasteiger partial charge in [-0.3, -0.25) is 0 Å². The lowest BCUT2D eigenvalue weighted by atomic mass is 9.84. The molecule has 2 fully saturated rings. The van der Waals surface area contributed by atoms with Crippen molar-refractivity contribution in [1.29, 1.82) is 0 Å². The van der Waals surface area contributed by atoms with Crippen LogP contribution in [0.25, 0.3) is 0 Å². The zero-order valence-electron chi connectivity index (χ0n) is 9.80. The van der Waals surface area contributed by atoms with Gasteiger partial charge >= 0.3 is 0 Å². The van der Waals surface area contributed by atoms with Crippen molar-refractivity contribution in [2.75, 3.05) is 7.05 Å². The Hall–Kier alpha value is -0.800. The lowest BCUT2D eigenvalue weighted by molar-refractivity contribution is 0.116. The monoisotopic (exact) mass is 220 g/mol. The van der Waals surface area contributed by atoms with Crippen molar-refractivity contribution in [3.8, 4) is 0 Å². The lowest BCUT2D eigenvalue weighted by Crippen LogP contribution is -2.42. The van der Waals surface area contributed by atoms with Crippen LogP contribution in [0.3, 0.4) is 0 Å². The standard InChI is InChI=1S/C13H20N2O/c1-15-10-4-5-11(15)8-9(7-10)13(14)12-3-2-6-16-12/h2-3,6,9-11,13H,4-5,7-8,14H2,1H3. The Kier molecular flexibility index (Phi) is 2.52. The molecule has 3 atom stereocenters. The first kappa shape index (κ1) is 10.4. The molecule has 3 nitrogen and oxygen atoms in total. The highest BCUT2D eigenvalue weighted by Crippen LogP contribution is 2.41. The zero-order chi connectivity index (χ0) is 11.1. The first-order valence-corrected chi connectivity index (χ1v) is 6.26. The summed E-state index contributed by atoms with van der Waals surface area (Å²) in [7, 11) is 2.26. The van der Waals surface area contributed by atoms with Crippen LogP contribution in [0.2, 0.25) is 0 Å². The van der Waals surface area contributed by atoms with E-state index in [2.05, 4.69) is 11.9 Å². The molecule has 2 N–H and O–H groups in total. The van der Waals surface area contributed by atoms with Gasteiger partial charge in [0.25, 0.3) is 0 Å². The van der Waals surface area contributed by atoms with Crippen molar-refractivity contribution in [2.45, 2.75) is 43.8 Å². The summed E-state index contributed by atoms with van der Waals surface area (Å²) < 4.78 is 5.43. The summed E-state index contributed by atoms with van der Waals surface area (Å²) in [6, 6.07) is 5.53. The normalized spacial score (nSPS) is 36.5. The molecule has 1 aromatic rings. The molecule has 0 saturated carbocycles. The van der Waals surface area contributed by atoms with Gasteiger partial charge in [-0.2, -0.15) is 0 Å². The van der Waals surface area contributed by atoms with Crippen LogP contribution in [0.1, 0.15) is 37.5 Å². The maximum atomic E-state index is 6.30. The Morgan fingerprint density at radius 2 is 2.06 bits per heavy atom. The Morgan fingerprint density at radius 3 is 2.62 bits per heavy atom. The fourth-order valence-corrected chi connectivity index (χ4v) is 3.46.